The Kier molecular flexibility index (Phi) is 4.23. The molecular weight excluding hydrogens is 241 g/mol. The molecule has 3 nitrogen and oxygen atoms in total. The number of nitrogens with two attached hydrogens (primary N) is 1. The van der Waals surface area contributed by atoms with Gasteiger partial charge in [-0.25, -0.2) is 4.39 Å². The number of hydrogen-bond acceptors (Lipinski definition) is 3. The van der Waals surface area contributed by atoms with Gasteiger partial charge in [0.1, 0.15) is 5.82 Å². The van der Waals surface area contributed by atoms with Gasteiger partial charge >= 0.3 is 0 Å². The molecule has 4 heteroatoms. The third kappa shape index (κ3) is 3.32. The van der Waals surface area contributed by atoms with E-state index in [0.29, 0.717) is 5.56 Å². The maximum Gasteiger partial charge on any atom is 0.127 e. The lowest BCUT2D eigenvalue weighted by atomic mass is 9.99. The highest BCUT2D eigenvalue weighted by Gasteiger charge is 2.30. The molecule has 0 spiro atoms. The van der Waals surface area contributed by atoms with Gasteiger partial charge in [-0.2, -0.15) is 0 Å². The number of nitrogens with zero attached hydrogens (tertiary/aromatic N) is 2. The molecule has 1 saturated heterocycles. The molecule has 0 radical (unpaired) electrons. The molecule has 1 aliphatic heterocycles. The zero-order valence-corrected chi connectivity index (χ0v) is 12.1. The fourth-order valence-electron chi connectivity index (χ4n) is 2.62. The topological polar surface area (TPSA) is 32.5 Å². The molecule has 19 heavy (non-hydrogen) atoms. The van der Waals surface area contributed by atoms with Crippen LogP contribution in [0.1, 0.15) is 25.0 Å². The van der Waals surface area contributed by atoms with Crippen molar-refractivity contribution < 1.29 is 4.39 Å². The second-order valence-electron chi connectivity index (χ2n) is 6.07. The molecule has 1 heterocycles. The van der Waals surface area contributed by atoms with Crippen molar-refractivity contribution in [1.29, 1.82) is 0 Å². The van der Waals surface area contributed by atoms with Gasteiger partial charge in [0.05, 0.1) is 0 Å². The van der Waals surface area contributed by atoms with Crippen LogP contribution in [-0.4, -0.2) is 42.0 Å². The van der Waals surface area contributed by atoms with E-state index >= 15 is 0 Å². The molecule has 0 amide bonds. The van der Waals surface area contributed by atoms with Crippen LogP contribution < -0.4 is 5.73 Å². The molecule has 0 aromatic heterocycles. The van der Waals surface area contributed by atoms with Gasteiger partial charge in [0.2, 0.25) is 0 Å². The van der Waals surface area contributed by atoms with Crippen molar-refractivity contribution in [2.45, 2.75) is 32.5 Å². The normalized spacial score (nSPS) is 20.7. The first kappa shape index (κ1) is 14.4. The second kappa shape index (κ2) is 5.57. The Morgan fingerprint density at radius 2 is 2.05 bits per heavy atom. The summed E-state index contributed by atoms with van der Waals surface area (Å²) in [6.07, 6.45) is 0. The van der Waals surface area contributed by atoms with Crippen molar-refractivity contribution in [3.8, 4) is 0 Å². The lowest BCUT2D eigenvalue weighted by Gasteiger charge is -2.45. The van der Waals surface area contributed by atoms with Crippen molar-refractivity contribution in [1.82, 2.24) is 9.80 Å². The molecule has 1 aromatic rings. The zero-order chi connectivity index (χ0) is 14.0. The average Bonchev–Trinajstić information content (AvgIpc) is 2.36. The predicted molar refractivity (Wildman–Crippen MR) is 76.3 cm³/mol. The van der Waals surface area contributed by atoms with Crippen LogP contribution in [0.3, 0.4) is 0 Å². The molecule has 0 bridgehead atoms. The summed E-state index contributed by atoms with van der Waals surface area (Å²) in [7, 11) is 2.17. The van der Waals surface area contributed by atoms with Crippen LogP contribution in [-0.2, 0) is 13.1 Å². The minimum Gasteiger partial charge on any atom is -0.326 e. The van der Waals surface area contributed by atoms with E-state index in [4.69, 9.17) is 5.73 Å². The number of rotatable bonds is 3. The van der Waals surface area contributed by atoms with Crippen LogP contribution in [0.15, 0.2) is 18.2 Å². The largest absolute Gasteiger partial charge is 0.326 e. The minimum absolute atomic E-state index is 0.189. The van der Waals surface area contributed by atoms with Crippen LogP contribution in [0, 0.1) is 5.82 Å². The molecule has 1 fully saturated rings. The Bertz CT molecular complexity index is 445. The van der Waals surface area contributed by atoms with Crippen LogP contribution in [0.5, 0.6) is 0 Å². The van der Waals surface area contributed by atoms with E-state index in [1.807, 2.05) is 12.1 Å². The fourth-order valence-corrected chi connectivity index (χ4v) is 2.62. The third-order valence-corrected chi connectivity index (χ3v) is 4.13. The lowest BCUT2D eigenvalue weighted by Crippen LogP contribution is -2.57. The molecular formula is C15H24FN3. The third-order valence-electron chi connectivity index (χ3n) is 4.13. The van der Waals surface area contributed by atoms with Gasteiger partial charge in [0, 0.05) is 43.8 Å². The van der Waals surface area contributed by atoms with Crippen molar-refractivity contribution in [3.63, 3.8) is 0 Å². The van der Waals surface area contributed by atoms with Gasteiger partial charge < -0.3 is 5.73 Å². The number of benzene rings is 1. The van der Waals surface area contributed by atoms with E-state index in [0.717, 1.165) is 31.7 Å². The van der Waals surface area contributed by atoms with Crippen LogP contribution >= 0.6 is 0 Å². The Hall–Kier alpha value is -0.970. The van der Waals surface area contributed by atoms with E-state index in [1.165, 1.54) is 6.07 Å². The summed E-state index contributed by atoms with van der Waals surface area (Å²) >= 11 is 0. The van der Waals surface area contributed by atoms with Crippen molar-refractivity contribution in [2.24, 2.45) is 5.73 Å². The summed E-state index contributed by atoms with van der Waals surface area (Å²) in [6, 6.07) is 5.28. The van der Waals surface area contributed by atoms with E-state index in [-0.39, 0.29) is 17.9 Å². The SMILES string of the molecule is CN1CCN(Cc2ccc(F)c(CN)c2)CC1(C)C. The Labute approximate surface area is 115 Å². The maximum absolute atomic E-state index is 13.4. The van der Waals surface area contributed by atoms with Crippen molar-refractivity contribution >= 4 is 0 Å². The van der Waals surface area contributed by atoms with Gasteiger partial charge in [-0.1, -0.05) is 12.1 Å². The van der Waals surface area contributed by atoms with Gasteiger partial charge in [-0.05, 0) is 32.5 Å². The van der Waals surface area contributed by atoms with Crippen LogP contribution in [0.2, 0.25) is 0 Å². The minimum atomic E-state index is -0.204. The first-order valence-electron chi connectivity index (χ1n) is 6.83. The Morgan fingerprint density at radius 1 is 1.32 bits per heavy atom. The summed E-state index contributed by atoms with van der Waals surface area (Å²) in [6.45, 7) is 8.79. The van der Waals surface area contributed by atoms with Gasteiger partial charge in [0.15, 0.2) is 0 Å². The van der Waals surface area contributed by atoms with Gasteiger partial charge in [0.25, 0.3) is 0 Å². The quantitative estimate of drug-likeness (QED) is 0.904. The van der Waals surface area contributed by atoms with Gasteiger partial charge in [-0.15, -0.1) is 0 Å². The lowest BCUT2D eigenvalue weighted by molar-refractivity contribution is 0.0360. The van der Waals surface area contributed by atoms with Crippen LogP contribution in [0.25, 0.3) is 0 Å². The molecule has 2 N–H and O–H groups in total. The zero-order valence-electron chi connectivity index (χ0n) is 12.1. The van der Waals surface area contributed by atoms with Crippen molar-refractivity contribution in [3.05, 3.63) is 35.1 Å². The highest BCUT2D eigenvalue weighted by molar-refractivity contribution is 5.25. The molecule has 0 saturated carbocycles. The van der Waals surface area contributed by atoms with E-state index in [1.54, 1.807) is 0 Å². The maximum atomic E-state index is 13.4. The summed E-state index contributed by atoms with van der Waals surface area (Å²) in [4.78, 5) is 4.81. The first-order valence-corrected chi connectivity index (χ1v) is 6.83. The molecule has 0 aliphatic carbocycles. The van der Waals surface area contributed by atoms with Crippen LogP contribution in [0.4, 0.5) is 4.39 Å². The molecule has 1 aliphatic rings. The highest BCUT2D eigenvalue weighted by atomic mass is 19.1. The molecule has 0 atom stereocenters. The first-order chi connectivity index (χ1) is 8.92. The number of likely N-dealkylation sites (N-methyl/N-ethyl adjacent to an activating group) is 1. The van der Waals surface area contributed by atoms with E-state index in [2.05, 4.69) is 30.7 Å². The summed E-state index contributed by atoms with van der Waals surface area (Å²) in [5, 5.41) is 0. The molecule has 0 unspecified atom stereocenters. The average molecular weight is 265 g/mol. The van der Waals surface area contributed by atoms with Crippen molar-refractivity contribution in [2.75, 3.05) is 26.7 Å². The van der Waals surface area contributed by atoms with E-state index < -0.39 is 0 Å². The van der Waals surface area contributed by atoms with E-state index in [9.17, 15) is 4.39 Å². The molecule has 2 rings (SSSR count). The summed E-state index contributed by atoms with van der Waals surface area (Å²) in [5.41, 5.74) is 7.49. The number of piperazine rings is 1. The summed E-state index contributed by atoms with van der Waals surface area (Å²) in [5.74, 6) is -0.204. The highest BCUT2D eigenvalue weighted by Crippen LogP contribution is 2.21. The Balaban J connectivity index is 2.05. The number of hydrogen-bond donors (Lipinski definition) is 1. The Morgan fingerprint density at radius 3 is 2.68 bits per heavy atom. The summed E-state index contributed by atoms with van der Waals surface area (Å²) < 4.78 is 13.4. The monoisotopic (exact) mass is 265 g/mol. The fraction of sp³-hybridized carbons (Fsp3) is 0.600. The smallest absolute Gasteiger partial charge is 0.127 e. The predicted octanol–water partition coefficient (Wildman–Crippen LogP) is 1.81. The second-order valence-corrected chi connectivity index (χ2v) is 6.07. The molecule has 1 aromatic carbocycles. The standard InChI is InChI=1S/C15H24FN3/c1-15(2)11-19(7-6-18(15)3)10-12-4-5-14(16)13(8-12)9-17/h4-5,8H,6-7,9-11,17H2,1-3H3. The number of halogens is 1. The van der Waals surface area contributed by atoms with Gasteiger partial charge in [-0.3, -0.25) is 9.80 Å². The molecule has 106 valence electrons.